The summed E-state index contributed by atoms with van der Waals surface area (Å²) in [5.74, 6) is 0. The second kappa shape index (κ2) is 27.7. The van der Waals surface area contributed by atoms with Crippen molar-refractivity contribution < 1.29 is 51.2 Å². The molecule has 0 spiro atoms. The second-order valence-corrected chi connectivity index (χ2v) is 21.9. The van der Waals surface area contributed by atoms with Crippen LogP contribution in [-0.4, -0.2) is 143 Å². The molecule has 41 heavy (non-hydrogen) atoms. The average molecular weight is 647 g/mol. The molecule has 0 saturated carbocycles. The molecule has 0 bridgehead atoms. The van der Waals surface area contributed by atoms with Crippen molar-refractivity contribution in [2.24, 2.45) is 0 Å². The Morgan fingerprint density at radius 3 is 1.15 bits per heavy atom. The molecule has 0 saturated heterocycles. The predicted octanol–water partition coefficient (Wildman–Crippen LogP) is 3.21. The Labute approximate surface area is 253 Å². The summed E-state index contributed by atoms with van der Waals surface area (Å²) in [6.07, 6.45) is 0.952. The molecule has 0 aromatic rings. The third kappa shape index (κ3) is 27.5. The van der Waals surface area contributed by atoms with Crippen LogP contribution < -0.4 is 0 Å². The van der Waals surface area contributed by atoms with E-state index in [1.54, 1.807) is 0 Å². The molecule has 0 heterocycles. The summed E-state index contributed by atoms with van der Waals surface area (Å²) in [7, 11) is -5.08. The number of aliphatic hydroxyl groups is 1. The van der Waals surface area contributed by atoms with Crippen molar-refractivity contribution in [2.45, 2.75) is 64.6 Å². The zero-order valence-corrected chi connectivity index (χ0v) is 30.3. The molecule has 248 valence electrons. The topological polar surface area (TPSA) is 113 Å². The van der Waals surface area contributed by atoms with Gasteiger partial charge in [-0.2, -0.15) is 0 Å². The summed E-state index contributed by atoms with van der Waals surface area (Å²) in [6, 6.07) is 0.972. The number of aliphatic hydroxyl groups excluding tert-OH is 1. The van der Waals surface area contributed by atoms with E-state index in [0.717, 1.165) is 12.5 Å². The molecule has 1 atom stereocenters. The monoisotopic (exact) mass is 646 g/mol. The van der Waals surface area contributed by atoms with Crippen molar-refractivity contribution >= 4 is 25.9 Å². The Morgan fingerprint density at radius 2 is 0.854 bits per heavy atom. The van der Waals surface area contributed by atoms with E-state index in [4.69, 9.17) is 51.2 Å². The van der Waals surface area contributed by atoms with Crippen molar-refractivity contribution in [1.29, 1.82) is 0 Å². The summed E-state index contributed by atoms with van der Waals surface area (Å²) in [5.41, 5.74) is 0.570. The molecule has 14 heteroatoms. The van der Waals surface area contributed by atoms with Crippen LogP contribution in [0.1, 0.15) is 20.3 Å². The van der Waals surface area contributed by atoms with Crippen LogP contribution in [0.4, 0.5) is 0 Å². The highest BCUT2D eigenvalue weighted by atomic mass is 28.5. The second-order valence-electron chi connectivity index (χ2n) is 10.9. The summed E-state index contributed by atoms with van der Waals surface area (Å²) in [4.78, 5) is 0. The Balaban J connectivity index is 3.45. The highest BCUT2D eigenvalue weighted by Gasteiger charge is 2.40. The molecule has 0 aliphatic heterocycles. The molecule has 0 aliphatic carbocycles. The average Bonchev–Trinajstić information content (AvgIpc) is 2.89. The molecular weight excluding hydrogens is 585 g/mol. The van der Waals surface area contributed by atoms with E-state index in [2.05, 4.69) is 46.6 Å². The van der Waals surface area contributed by atoms with Crippen LogP contribution in [0.25, 0.3) is 0 Å². The van der Waals surface area contributed by atoms with Gasteiger partial charge in [0, 0.05) is 6.61 Å². The van der Waals surface area contributed by atoms with Crippen molar-refractivity contribution in [3.63, 3.8) is 0 Å². The van der Waals surface area contributed by atoms with Crippen LogP contribution in [0, 0.1) is 0 Å². The van der Waals surface area contributed by atoms with E-state index in [9.17, 15) is 0 Å². The van der Waals surface area contributed by atoms with Crippen LogP contribution in [0.3, 0.4) is 0 Å². The third-order valence-corrected chi connectivity index (χ3v) is 17.9. The molecule has 0 aromatic heterocycles. The lowest BCUT2D eigenvalue weighted by Crippen LogP contribution is -2.51. The number of hydrogen-bond donors (Lipinski definition) is 1. The van der Waals surface area contributed by atoms with Gasteiger partial charge in [0.2, 0.25) is 0 Å². The zero-order valence-electron chi connectivity index (χ0n) is 27.1. The maximum atomic E-state index is 8.58. The molecule has 1 N–H and O–H groups in total. The van der Waals surface area contributed by atoms with Crippen LogP contribution >= 0.6 is 0 Å². The fraction of sp³-hybridized carbons (Fsp3) is 1.00. The van der Waals surface area contributed by atoms with Crippen molar-refractivity contribution in [3.05, 3.63) is 0 Å². The quantitative estimate of drug-likeness (QED) is 0.0859. The van der Waals surface area contributed by atoms with E-state index in [1.165, 1.54) is 0 Å². The van der Waals surface area contributed by atoms with Gasteiger partial charge in [-0.05, 0) is 50.7 Å². The van der Waals surface area contributed by atoms with E-state index >= 15 is 0 Å². The van der Waals surface area contributed by atoms with E-state index in [0.29, 0.717) is 111 Å². The summed E-state index contributed by atoms with van der Waals surface area (Å²) < 4.78 is 56.8. The molecule has 0 radical (unpaired) electrons. The lowest BCUT2D eigenvalue weighted by atomic mass is 10.5. The van der Waals surface area contributed by atoms with Crippen LogP contribution in [0.2, 0.25) is 44.3 Å². The maximum Gasteiger partial charge on any atom is 0.314 e. The number of rotatable bonds is 32. The minimum Gasteiger partial charge on any atom is -0.439 e. The Morgan fingerprint density at radius 1 is 0.537 bits per heavy atom. The van der Waals surface area contributed by atoms with Crippen LogP contribution in [0.15, 0.2) is 0 Å². The maximum absolute atomic E-state index is 8.58. The van der Waals surface area contributed by atoms with E-state index < -0.39 is 25.9 Å². The molecule has 0 rings (SSSR count). The zero-order chi connectivity index (χ0) is 30.7. The van der Waals surface area contributed by atoms with Gasteiger partial charge in [0.1, 0.15) is 0 Å². The summed E-state index contributed by atoms with van der Waals surface area (Å²) in [6.45, 7) is 24.2. The van der Waals surface area contributed by atoms with Crippen LogP contribution in [0.5, 0.6) is 0 Å². The molecular formula is C27H62O11Si3. The van der Waals surface area contributed by atoms with Gasteiger partial charge in [-0.25, -0.2) is 0 Å². The smallest absolute Gasteiger partial charge is 0.314 e. The Bertz CT molecular complexity index is 563. The summed E-state index contributed by atoms with van der Waals surface area (Å²) >= 11 is 0. The molecule has 0 aromatic carbocycles. The minimum atomic E-state index is -2.17. The first kappa shape index (κ1) is 41.2. The van der Waals surface area contributed by atoms with Crippen molar-refractivity contribution in [2.75, 3.05) is 112 Å². The van der Waals surface area contributed by atoms with E-state index in [-0.39, 0.29) is 6.61 Å². The van der Waals surface area contributed by atoms with Gasteiger partial charge >= 0.3 is 8.56 Å². The number of hydrogen-bond acceptors (Lipinski definition) is 11. The Kier molecular flexibility index (Phi) is 27.9. The molecule has 0 fully saturated rings. The third-order valence-electron chi connectivity index (χ3n) is 6.11. The molecule has 1 unspecified atom stereocenters. The highest BCUT2D eigenvalue weighted by Crippen LogP contribution is 2.29. The number of ether oxygens (including phenoxy) is 8. The van der Waals surface area contributed by atoms with Gasteiger partial charge in [0.15, 0.2) is 17.4 Å². The first-order valence-corrected chi connectivity index (χ1v) is 23.5. The van der Waals surface area contributed by atoms with Gasteiger partial charge in [0.25, 0.3) is 0 Å². The largest absolute Gasteiger partial charge is 0.439 e. The lowest BCUT2D eigenvalue weighted by Gasteiger charge is -2.39. The van der Waals surface area contributed by atoms with E-state index in [1.807, 2.05) is 0 Å². The lowest BCUT2D eigenvalue weighted by molar-refractivity contribution is -0.0238. The standard InChI is InChI=1S/C27H62O11Si3/c1-27(2)40(5,6)38-41(7,37-39(3)4)26-8-10-29-12-14-31-16-18-33-20-22-35-24-25-36-23-21-34-19-17-32-15-13-30-11-9-28/h27-28,39H,8-26H2,1-7H3. The Hall–Kier alpha value is 0.211. The molecule has 11 nitrogen and oxygen atoms in total. The molecule has 0 amide bonds. The first-order valence-electron chi connectivity index (χ1n) is 15.2. The normalized spacial score (nSPS) is 13.9. The summed E-state index contributed by atoms with van der Waals surface area (Å²) in [5, 5.41) is 8.58. The predicted molar refractivity (Wildman–Crippen MR) is 168 cm³/mol. The van der Waals surface area contributed by atoms with Gasteiger partial charge in [0.05, 0.1) is 106 Å². The van der Waals surface area contributed by atoms with Crippen molar-refractivity contribution in [1.82, 2.24) is 0 Å². The van der Waals surface area contributed by atoms with Crippen molar-refractivity contribution in [3.8, 4) is 0 Å². The minimum absolute atomic E-state index is 0.0301. The van der Waals surface area contributed by atoms with Crippen LogP contribution in [-0.2, 0) is 46.1 Å². The van der Waals surface area contributed by atoms with Gasteiger partial charge in [-0.1, -0.05) is 13.8 Å². The first-order chi connectivity index (χ1) is 19.6. The van der Waals surface area contributed by atoms with Gasteiger partial charge in [-0.3, -0.25) is 0 Å². The van der Waals surface area contributed by atoms with Gasteiger partial charge in [-0.15, -0.1) is 0 Å². The molecule has 0 aliphatic rings. The SMILES string of the molecule is CC(C)[Si](C)(C)O[Si](C)(CCCOCCOCCOCCOCCOCCOCCOCCOCCO)O[SiH](C)C. The highest BCUT2D eigenvalue weighted by molar-refractivity contribution is 6.85. The fourth-order valence-corrected chi connectivity index (χ4v) is 15.2. The van der Waals surface area contributed by atoms with Gasteiger partial charge < -0.3 is 51.2 Å². The fourth-order valence-electron chi connectivity index (χ4n) is 3.51.